The molecule has 0 spiro atoms. The molecule has 0 aliphatic carbocycles. The van der Waals surface area contributed by atoms with Gasteiger partial charge in [-0.15, -0.1) is 0 Å². The first-order chi connectivity index (χ1) is 14.0. The van der Waals surface area contributed by atoms with Gasteiger partial charge in [-0.1, -0.05) is 35.4 Å². The molecule has 0 unspecified atom stereocenters. The molecule has 10 heteroatoms. The Kier molecular flexibility index (Phi) is 7.44. The van der Waals surface area contributed by atoms with E-state index in [-0.39, 0.29) is 5.02 Å². The van der Waals surface area contributed by atoms with Crippen LogP contribution in [-0.2, 0) is 20.5 Å². The third-order valence-electron chi connectivity index (χ3n) is 3.91. The molecule has 1 atom stereocenters. The smallest absolute Gasteiger partial charge is 0.418 e. The molecular weight excluding hydrogens is 425 g/mol. The van der Waals surface area contributed by atoms with Crippen LogP contribution in [0.1, 0.15) is 28.4 Å². The minimum Gasteiger partial charge on any atom is -0.454 e. The van der Waals surface area contributed by atoms with Crippen LogP contribution < -0.4 is 10.6 Å². The average Bonchev–Trinajstić information content (AvgIpc) is 2.66. The van der Waals surface area contributed by atoms with Gasteiger partial charge in [-0.3, -0.25) is 9.59 Å². The number of carbonyl (C=O) groups excluding carboxylic acids is 3. The monoisotopic (exact) mass is 442 g/mol. The summed E-state index contributed by atoms with van der Waals surface area (Å²) < 4.78 is 43.9. The number of nitrogens with one attached hydrogen (secondary N) is 2. The van der Waals surface area contributed by atoms with Gasteiger partial charge in [0.15, 0.2) is 6.61 Å². The van der Waals surface area contributed by atoms with Crippen LogP contribution >= 0.6 is 11.6 Å². The van der Waals surface area contributed by atoms with Crippen LogP contribution in [0, 0.1) is 6.92 Å². The van der Waals surface area contributed by atoms with Crippen molar-refractivity contribution in [2.75, 3.05) is 11.9 Å². The first-order valence-corrected chi connectivity index (χ1v) is 9.06. The lowest BCUT2D eigenvalue weighted by molar-refractivity contribution is -0.148. The quantitative estimate of drug-likeness (QED) is 0.663. The number of benzene rings is 2. The van der Waals surface area contributed by atoms with Crippen LogP contribution in [0.15, 0.2) is 42.5 Å². The van der Waals surface area contributed by atoms with E-state index in [2.05, 4.69) is 5.32 Å². The second-order valence-corrected chi connectivity index (χ2v) is 6.79. The standard InChI is InChI=1S/C20H18ClF3N2O4/c1-11-5-3-6-13(9-11)18(28)25-12(2)19(29)30-10-16(27)26-17-14(20(22,23)24)7-4-8-15(17)21/h3-9,12H,10H2,1-2H3,(H,25,28)(H,26,27)/t12-/m0/s1. The summed E-state index contributed by atoms with van der Waals surface area (Å²) in [4.78, 5) is 36.1. The average molecular weight is 443 g/mol. The number of para-hydroxylation sites is 1. The predicted molar refractivity (Wildman–Crippen MR) is 104 cm³/mol. The van der Waals surface area contributed by atoms with Crippen molar-refractivity contribution in [2.45, 2.75) is 26.1 Å². The van der Waals surface area contributed by atoms with Gasteiger partial charge in [0, 0.05) is 5.56 Å². The highest BCUT2D eigenvalue weighted by Gasteiger charge is 2.35. The summed E-state index contributed by atoms with van der Waals surface area (Å²) in [5.74, 6) is -2.46. The van der Waals surface area contributed by atoms with Gasteiger partial charge < -0.3 is 15.4 Å². The summed E-state index contributed by atoms with van der Waals surface area (Å²) in [5.41, 5.74) is -0.569. The molecular formula is C20H18ClF3N2O4. The summed E-state index contributed by atoms with van der Waals surface area (Å²) >= 11 is 5.75. The zero-order valence-electron chi connectivity index (χ0n) is 16.0. The fourth-order valence-electron chi connectivity index (χ4n) is 2.45. The molecule has 0 saturated carbocycles. The van der Waals surface area contributed by atoms with Crippen molar-refractivity contribution in [3.8, 4) is 0 Å². The highest BCUT2D eigenvalue weighted by Crippen LogP contribution is 2.38. The second kappa shape index (κ2) is 9.62. The number of halogens is 4. The van der Waals surface area contributed by atoms with Crippen molar-refractivity contribution in [1.82, 2.24) is 5.32 Å². The minimum absolute atomic E-state index is 0.316. The number of aryl methyl sites for hydroxylation is 1. The number of rotatable bonds is 6. The van der Waals surface area contributed by atoms with Gasteiger partial charge in [-0.05, 0) is 38.1 Å². The maximum atomic E-state index is 13.0. The highest BCUT2D eigenvalue weighted by atomic mass is 35.5. The van der Waals surface area contributed by atoms with Gasteiger partial charge in [0.2, 0.25) is 0 Å². The Morgan fingerprint density at radius 2 is 1.80 bits per heavy atom. The van der Waals surface area contributed by atoms with Crippen LogP contribution in [0.25, 0.3) is 0 Å². The van der Waals surface area contributed by atoms with E-state index in [1.165, 1.54) is 13.0 Å². The summed E-state index contributed by atoms with van der Waals surface area (Å²) in [5, 5.41) is 4.10. The fourth-order valence-corrected chi connectivity index (χ4v) is 2.67. The summed E-state index contributed by atoms with van der Waals surface area (Å²) in [7, 11) is 0. The van der Waals surface area contributed by atoms with Gasteiger partial charge in [-0.25, -0.2) is 4.79 Å². The first-order valence-electron chi connectivity index (χ1n) is 8.68. The Morgan fingerprint density at radius 1 is 1.13 bits per heavy atom. The maximum absolute atomic E-state index is 13.0. The summed E-state index contributed by atoms with van der Waals surface area (Å²) in [6.07, 6.45) is -4.74. The van der Waals surface area contributed by atoms with Crippen molar-refractivity contribution in [3.05, 3.63) is 64.2 Å². The first kappa shape index (κ1) is 23.2. The number of esters is 1. The zero-order valence-corrected chi connectivity index (χ0v) is 16.7. The van der Waals surface area contributed by atoms with Crippen molar-refractivity contribution >= 4 is 35.1 Å². The lowest BCUT2D eigenvalue weighted by Crippen LogP contribution is -2.40. The van der Waals surface area contributed by atoms with Gasteiger partial charge in [0.25, 0.3) is 11.8 Å². The van der Waals surface area contributed by atoms with E-state index >= 15 is 0 Å². The minimum atomic E-state index is -4.74. The highest BCUT2D eigenvalue weighted by molar-refractivity contribution is 6.34. The van der Waals surface area contributed by atoms with Crippen molar-refractivity contribution < 1.29 is 32.3 Å². The van der Waals surface area contributed by atoms with Crippen LogP contribution in [-0.4, -0.2) is 30.4 Å². The molecule has 6 nitrogen and oxygen atoms in total. The number of hydrogen-bond donors (Lipinski definition) is 2. The molecule has 160 valence electrons. The van der Waals surface area contributed by atoms with E-state index < -0.39 is 47.9 Å². The molecule has 0 bridgehead atoms. The molecule has 0 saturated heterocycles. The summed E-state index contributed by atoms with van der Waals surface area (Å²) in [6.45, 7) is 2.30. The number of amides is 2. The van der Waals surface area contributed by atoms with Gasteiger partial charge in [0.1, 0.15) is 6.04 Å². The van der Waals surface area contributed by atoms with Gasteiger partial charge in [0.05, 0.1) is 16.3 Å². The van der Waals surface area contributed by atoms with E-state index in [4.69, 9.17) is 16.3 Å². The Balaban J connectivity index is 1.93. The van der Waals surface area contributed by atoms with E-state index in [1.807, 2.05) is 5.32 Å². The normalized spacial score (nSPS) is 12.1. The SMILES string of the molecule is Cc1cccc(C(=O)N[C@@H](C)C(=O)OCC(=O)Nc2c(Cl)cccc2C(F)(F)F)c1. The maximum Gasteiger partial charge on any atom is 0.418 e. The van der Waals surface area contributed by atoms with E-state index in [0.29, 0.717) is 5.56 Å². The van der Waals surface area contributed by atoms with E-state index in [1.54, 1.807) is 31.2 Å². The predicted octanol–water partition coefficient (Wildman–Crippen LogP) is 3.97. The Hall–Kier alpha value is -3.07. The third kappa shape index (κ3) is 6.21. The second-order valence-electron chi connectivity index (χ2n) is 6.38. The molecule has 0 radical (unpaired) electrons. The van der Waals surface area contributed by atoms with Crippen molar-refractivity contribution in [2.24, 2.45) is 0 Å². The lowest BCUT2D eigenvalue weighted by atomic mass is 10.1. The number of carbonyl (C=O) groups is 3. The van der Waals surface area contributed by atoms with E-state index in [9.17, 15) is 27.6 Å². The molecule has 2 aromatic rings. The van der Waals surface area contributed by atoms with E-state index in [0.717, 1.165) is 17.7 Å². The molecule has 0 aliphatic heterocycles. The number of ether oxygens (including phenoxy) is 1. The summed E-state index contributed by atoms with van der Waals surface area (Å²) in [6, 6.07) is 8.63. The number of hydrogen-bond acceptors (Lipinski definition) is 4. The van der Waals surface area contributed by atoms with Crippen LogP contribution in [0.3, 0.4) is 0 Å². The topological polar surface area (TPSA) is 84.5 Å². The Morgan fingerprint density at radius 3 is 2.43 bits per heavy atom. The van der Waals surface area contributed by atoms with Gasteiger partial charge in [-0.2, -0.15) is 13.2 Å². The Bertz CT molecular complexity index is 963. The fraction of sp³-hybridized carbons (Fsp3) is 0.250. The molecule has 2 N–H and O–H groups in total. The van der Waals surface area contributed by atoms with Gasteiger partial charge >= 0.3 is 12.1 Å². The molecule has 2 amide bonds. The zero-order chi connectivity index (χ0) is 22.5. The number of anilines is 1. The molecule has 0 heterocycles. The largest absolute Gasteiger partial charge is 0.454 e. The molecule has 2 aromatic carbocycles. The van der Waals surface area contributed by atoms with Crippen LogP contribution in [0.2, 0.25) is 5.02 Å². The molecule has 0 fully saturated rings. The third-order valence-corrected chi connectivity index (χ3v) is 4.23. The molecule has 2 rings (SSSR count). The van der Waals surface area contributed by atoms with Crippen molar-refractivity contribution in [3.63, 3.8) is 0 Å². The van der Waals surface area contributed by atoms with Crippen LogP contribution in [0.4, 0.5) is 18.9 Å². The molecule has 30 heavy (non-hydrogen) atoms. The van der Waals surface area contributed by atoms with Crippen molar-refractivity contribution in [1.29, 1.82) is 0 Å². The number of alkyl halides is 3. The lowest BCUT2D eigenvalue weighted by Gasteiger charge is -2.16. The molecule has 0 aliphatic rings. The molecule has 0 aromatic heterocycles. The Labute approximate surface area is 175 Å². The van der Waals surface area contributed by atoms with Crippen LogP contribution in [0.5, 0.6) is 0 Å².